The number of hydrogen-bond donors (Lipinski definition) is 1. The molecule has 2 aromatic heterocycles. The standard InChI is InChI=1S/C9H8ClNO2/c1-5-2-6-3-7(4-12)13-8(6)9(10)11-5/h2-3,12H,4H2,1H3. The molecular formula is C9H8ClNO2. The van der Waals surface area contributed by atoms with Gasteiger partial charge in [-0.2, -0.15) is 0 Å². The topological polar surface area (TPSA) is 46.3 Å². The number of aromatic nitrogens is 1. The molecule has 3 nitrogen and oxygen atoms in total. The molecule has 2 aromatic rings. The zero-order valence-corrected chi connectivity index (χ0v) is 7.80. The molecule has 2 rings (SSSR count). The molecule has 0 saturated heterocycles. The Morgan fingerprint density at radius 2 is 2.31 bits per heavy atom. The Hall–Kier alpha value is -1.06. The van der Waals surface area contributed by atoms with Crippen molar-refractivity contribution in [2.45, 2.75) is 13.5 Å². The fourth-order valence-electron chi connectivity index (χ4n) is 1.27. The maximum atomic E-state index is 8.84. The molecule has 13 heavy (non-hydrogen) atoms. The van der Waals surface area contributed by atoms with E-state index in [1.165, 1.54) is 0 Å². The third-order valence-electron chi connectivity index (χ3n) is 1.79. The second-order valence-electron chi connectivity index (χ2n) is 2.84. The summed E-state index contributed by atoms with van der Waals surface area (Å²) < 4.78 is 5.26. The molecule has 0 aliphatic heterocycles. The van der Waals surface area contributed by atoms with Crippen molar-refractivity contribution in [1.29, 1.82) is 0 Å². The van der Waals surface area contributed by atoms with E-state index in [0.717, 1.165) is 11.1 Å². The summed E-state index contributed by atoms with van der Waals surface area (Å²) in [6, 6.07) is 3.62. The van der Waals surface area contributed by atoms with E-state index in [9.17, 15) is 0 Å². The Balaban J connectivity index is 2.75. The van der Waals surface area contributed by atoms with Gasteiger partial charge in [-0.3, -0.25) is 0 Å². The van der Waals surface area contributed by atoms with E-state index in [1.54, 1.807) is 6.07 Å². The number of aliphatic hydroxyl groups is 1. The molecule has 0 fully saturated rings. The fraction of sp³-hybridized carbons (Fsp3) is 0.222. The predicted octanol–water partition coefficient (Wildman–Crippen LogP) is 2.28. The number of nitrogens with zero attached hydrogens (tertiary/aromatic N) is 1. The smallest absolute Gasteiger partial charge is 0.172 e. The van der Waals surface area contributed by atoms with Crippen LogP contribution in [0.1, 0.15) is 11.5 Å². The molecule has 0 amide bonds. The van der Waals surface area contributed by atoms with Crippen LogP contribution in [0.5, 0.6) is 0 Å². The summed E-state index contributed by atoms with van der Waals surface area (Å²) in [6.45, 7) is 1.74. The molecule has 0 saturated carbocycles. The van der Waals surface area contributed by atoms with Gasteiger partial charge in [-0.15, -0.1) is 0 Å². The minimum Gasteiger partial charge on any atom is -0.455 e. The largest absolute Gasteiger partial charge is 0.455 e. The zero-order valence-electron chi connectivity index (χ0n) is 7.04. The third-order valence-corrected chi connectivity index (χ3v) is 2.05. The van der Waals surface area contributed by atoms with Crippen molar-refractivity contribution in [3.05, 3.63) is 28.7 Å². The maximum Gasteiger partial charge on any atom is 0.172 e. The van der Waals surface area contributed by atoms with Gasteiger partial charge >= 0.3 is 0 Å². The van der Waals surface area contributed by atoms with Crippen LogP contribution in [0.2, 0.25) is 5.15 Å². The van der Waals surface area contributed by atoms with Crippen molar-refractivity contribution in [3.8, 4) is 0 Å². The average Bonchev–Trinajstić information content (AvgIpc) is 2.47. The van der Waals surface area contributed by atoms with Gasteiger partial charge in [0, 0.05) is 11.1 Å². The highest BCUT2D eigenvalue weighted by Crippen LogP contribution is 2.25. The highest BCUT2D eigenvalue weighted by atomic mass is 35.5. The first-order chi connectivity index (χ1) is 6.20. The maximum absolute atomic E-state index is 8.84. The van der Waals surface area contributed by atoms with E-state index < -0.39 is 0 Å². The minimum atomic E-state index is -0.121. The Bertz CT molecular complexity index is 450. The van der Waals surface area contributed by atoms with Gasteiger partial charge in [0.05, 0.1) is 0 Å². The van der Waals surface area contributed by atoms with E-state index in [4.69, 9.17) is 21.1 Å². The van der Waals surface area contributed by atoms with Crippen LogP contribution in [-0.2, 0) is 6.61 Å². The number of aryl methyl sites for hydroxylation is 1. The van der Waals surface area contributed by atoms with E-state index in [0.29, 0.717) is 16.5 Å². The van der Waals surface area contributed by atoms with Crippen molar-refractivity contribution in [2.75, 3.05) is 0 Å². The molecule has 0 unspecified atom stereocenters. The van der Waals surface area contributed by atoms with Gasteiger partial charge in [0.1, 0.15) is 12.4 Å². The molecular weight excluding hydrogens is 190 g/mol. The van der Waals surface area contributed by atoms with Gasteiger partial charge in [0.25, 0.3) is 0 Å². The number of halogens is 1. The minimum absolute atomic E-state index is 0.121. The number of hydrogen-bond acceptors (Lipinski definition) is 3. The van der Waals surface area contributed by atoms with Crippen molar-refractivity contribution in [3.63, 3.8) is 0 Å². The Kier molecular flexibility index (Phi) is 1.98. The Labute approximate surface area is 80.0 Å². The number of pyridine rings is 1. The first kappa shape index (κ1) is 8.53. The Morgan fingerprint density at radius 1 is 1.54 bits per heavy atom. The molecule has 0 atom stereocenters. The number of furan rings is 1. The van der Waals surface area contributed by atoms with Crippen LogP contribution in [0.15, 0.2) is 16.5 Å². The van der Waals surface area contributed by atoms with Gasteiger partial charge in [-0.1, -0.05) is 11.6 Å². The summed E-state index contributed by atoms with van der Waals surface area (Å²) in [5, 5.41) is 10.1. The first-order valence-electron chi connectivity index (χ1n) is 3.87. The van der Waals surface area contributed by atoms with Gasteiger partial charge in [0.15, 0.2) is 10.7 Å². The Morgan fingerprint density at radius 3 is 3.00 bits per heavy atom. The summed E-state index contributed by atoms with van der Waals surface area (Å²) in [5.74, 6) is 0.504. The predicted molar refractivity (Wildman–Crippen MR) is 49.7 cm³/mol. The highest BCUT2D eigenvalue weighted by Gasteiger charge is 2.08. The third kappa shape index (κ3) is 1.41. The van der Waals surface area contributed by atoms with Crippen LogP contribution in [-0.4, -0.2) is 10.1 Å². The quantitative estimate of drug-likeness (QED) is 0.714. The molecule has 0 spiro atoms. The number of rotatable bonds is 1. The van der Waals surface area contributed by atoms with Crippen molar-refractivity contribution in [1.82, 2.24) is 4.98 Å². The van der Waals surface area contributed by atoms with E-state index >= 15 is 0 Å². The monoisotopic (exact) mass is 197 g/mol. The van der Waals surface area contributed by atoms with E-state index in [1.807, 2.05) is 13.0 Å². The summed E-state index contributed by atoms with van der Waals surface area (Å²) in [7, 11) is 0. The lowest BCUT2D eigenvalue weighted by Gasteiger charge is -1.93. The van der Waals surface area contributed by atoms with Gasteiger partial charge in [0.2, 0.25) is 0 Å². The van der Waals surface area contributed by atoms with Crippen LogP contribution in [0, 0.1) is 6.92 Å². The molecule has 0 aliphatic rings. The molecule has 0 aliphatic carbocycles. The second-order valence-corrected chi connectivity index (χ2v) is 3.20. The summed E-state index contributed by atoms with van der Waals surface area (Å²) in [5.41, 5.74) is 1.37. The summed E-state index contributed by atoms with van der Waals surface area (Å²) in [6.07, 6.45) is 0. The number of fused-ring (bicyclic) bond motifs is 1. The van der Waals surface area contributed by atoms with Crippen LogP contribution < -0.4 is 0 Å². The van der Waals surface area contributed by atoms with Crippen LogP contribution in [0.25, 0.3) is 11.0 Å². The van der Waals surface area contributed by atoms with E-state index in [-0.39, 0.29) is 6.61 Å². The first-order valence-corrected chi connectivity index (χ1v) is 4.25. The lowest BCUT2D eigenvalue weighted by molar-refractivity contribution is 0.251. The zero-order chi connectivity index (χ0) is 9.42. The molecule has 0 aromatic carbocycles. The molecule has 1 N–H and O–H groups in total. The fourth-order valence-corrected chi connectivity index (χ4v) is 1.55. The lowest BCUT2D eigenvalue weighted by Crippen LogP contribution is -1.80. The summed E-state index contributed by atoms with van der Waals surface area (Å²) in [4.78, 5) is 4.04. The normalized spacial score (nSPS) is 11.0. The lowest BCUT2D eigenvalue weighted by atomic mass is 10.3. The molecule has 68 valence electrons. The second kappa shape index (κ2) is 3.01. The number of aliphatic hydroxyl groups excluding tert-OH is 1. The van der Waals surface area contributed by atoms with Crippen LogP contribution >= 0.6 is 11.6 Å². The average molecular weight is 198 g/mol. The van der Waals surface area contributed by atoms with Gasteiger partial charge in [-0.25, -0.2) is 4.98 Å². The molecule has 4 heteroatoms. The molecule has 0 radical (unpaired) electrons. The van der Waals surface area contributed by atoms with Crippen molar-refractivity contribution < 1.29 is 9.52 Å². The van der Waals surface area contributed by atoms with E-state index in [2.05, 4.69) is 4.98 Å². The van der Waals surface area contributed by atoms with Crippen LogP contribution in [0.4, 0.5) is 0 Å². The molecule has 0 bridgehead atoms. The van der Waals surface area contributed by atoms with Crippen LogP contribution in [0.3, 0.4) is 0 Å². The summed E-state index contributed by atoms with van der Waals surface area (Å²) >= 11 is 5.85. The van der Waals surface area contributed by atoms with Gasteiger partial charge in [-0.05, 0) is 19.1 Å². The SMILES string of the molecule is Cc1cc2cc(CO)oc2c(Cl)n1. The van der Waals surface area contributed by atoms with Crippen molar-refractivity contribution in [2.24, 2.45) is 0 Å². The molecule has 2 heterocycles. The highest BCUT2D eigenvalue weighted by molar-refractivity contribution is 6.33. The van der Waals surface area contributed by atoms with Crippen molar-refractivity contribution >= 4 is 22.6 Å². The van der Waals surface area contributed by atoms with Gasteiger partial charge < -0.3 is 9.52 Å².